The van der Waals surface area contributed by atoms with E-state index in [1.807, 2.05) is 0 Å². The van der Waals surface area contributed by atoms with E-state index in [0.717, 1.165) is 0 Å². The SMILES string of the molecule is COc1cccc(/C=C2\Oc3cc(OC(=O)c4cccs4)ccc3C2=O)c1OC. The fourth-order valence-electron chi connectivity index (χ4n) is 2.95. The first-order valence-corrected chi connectivity index (χ1v) is 9.53. The van der Waals surface area contributed by atoms with Gasteiger partial charge in [0.2, 0.25) is 5.78 Å². The molecule has 0 bridgehead atoms. The van der Waals surface area contributed by atoms with E-state index in [1.165, 1.54) is 24.5 Å². The van der Waals surface area contributed by atoms with Gasteiger partial charge in [0, 0.05) is 11.6 Å². The van der Waals surface area contributed by atoms with E-state index >= 15 is 0 Å². The number of carbonyl (C=O) groups excluding carboxylic acids is 2. The molecule has 0 saturated carbocycles. The van der Waals surface area contributed by atoms with Gasteiger partial charge >= 0.3 is 5.97 Å². The zero-order valence-corrected chi connectivity index (χ0v) is 16.4. The topological polar surface area (TPSA) is 71.1 Å². The molecule has 2 heterocycles. The average molecular weight is 408 g/mol. The van der Waals surface area contributed by atoms with E-state index < -0.39 is 5.97 Å². The Balaban J connectivity index is 1.60. The van der Waals surface area contributed by atoms with Gasteiger partial charge in [-0.15, -0.1) is 11.3 Å². The molecule has 6 nitrogen and oxygen atoms in total. The van der Waals surface area contributed by atoms with Gasteiger partial charge in [0.25, 0.3) is 0 Å². The predicted molar refractivity (Wildman–Crippen MR) is 108 cm³/mol. The molecule has 0 radical (unpaired) electrons. The lowest BCUT2D eigenvalue weighted by atomic mass is 10.1. The predicted octanol–water partition coefficient (Wildman–Crippen LogP) is 4.60. The Kier molecular flexibility index (Phi) is 5.05. The highest BCUT2D eigenvalue weighted by atomic mass is 32.1. The number of hydrogen-bond acceptors (Lipinski definition) is 7. The molecule has 0 unspecified atom stereocenters. The van der Waals surface area contributed by atoms with Gasteiger partial charge < -0.3 is 18.9 Å². The average Bonchev–Trinajstić information content (AvgIpc) is 3.37. The maximum atomic E-state index is 12.7. The summed E-state index contributed by atoms with van der Waals surface area (Å²) in [6.07, 6.45) is 1.60. The number of allylic oxidation sites excluding steroid dienone is 1. The summed E-state index contributed by atoms with van der Waals surface area (Å²) in [5, 5.41) is 1.80. The first-order chi connectivity index (χ1) is 14.1. The molecule has 1 aliphatic heterocycles. The molecule has 0 amide bonds. The van der Waals surface area contributed by atoms with Crippen molar-refractivity contribution in [3.05, 3.63) is 75.7 Å². The van der Waals surface area contributed by atoms with Gasteiger partial charge in [-0.05, 0) is 35.7 Å². The lowest BCUT2D eigenvalue weighted by Gasteiger charge is -2.10. The van der Waals surface area contributed by atoms with Crippen molar-refractivity contribution in [3.63, 3.8) is 0 Å². The highest BCUT2D eigenvalue weighted by Crippen LogP contribution is 2.37. The van der Waals surface area contributed by atoms with Gasteiger partial charge in [-0.1, -0.05) is 18.2 Å². The Bertz CT molecular complexity index is 1110. The Hall–Kier alpha value is -3.58. The molecule has 1 aromatic heterocycles. The van der Waals surface area contributed by atoms with Crippen LogP contribution in [0.3, 0.4) is 0 Å². The van der Waals surface area contributed by atoms with Crippen LogP contribution in [0.2, 0.25) is 0 Å². The fraction of sp³-hybridized carbons (Fsp3) is 0.0909. The van der Waals surface area contributed by atoms with Crippen molar-refractivity contribution in [3.8, 4) is 23.0 Å². The zero-order chi connectivity index (χ0) is 20.4. The molecule has 7 heteroatoms. The van der Waals surface area contributed by atoms with E-state index in [0.29, 0.717) is 39.0 Å². The van der Waals surface area contributed by atoms with Crippen LogP contribution in [0.15, 0.2) is 59.7 Å². The molecule has 0 aliphatic carbocycles. The van der Waals surface area contributed by atoms with Crippen LogP contribution in [0.1, 0.15) is 25.6 Å². The first-order valence-electron chi connectivity index (χ1n) is 8.65. The Morgan fingerprint density at radius 2 is 1.93 bits per heavy atom. The van der Waals surface area contributed by atoms with Crippen LogP contribution in [-0.2, 0) is 0 Å². The molecule has 4 rings (SSSR count). The molecule has 2 aromatic carbocycles. The molecular formula is C22H16O6S. The number of methoxy groups -OCH3 is 2. The molecule has 146 valence electrons. The third-order valence-electron chi connectivity index (χ3n) is 4.29. The smallest absolute Gasteiger partial charge is 0.353 e. The highest BCUT2D eigenvalue weighted by Gasteiger charge is 2.28. The van der Waals surface area contributed by atoms with Crippen molar-refractivity contribution in [2.45, 2.75) is 0 Å². The minimum Gasteiger partial charge on any atom is -0.493 e. The number of benzene rings is 2. The normalized spacial score (nSPS) is 13.7. The number of Topliss-reactive ketones (excluding diaryl/α,β-unsaturated/α-hetero) is 1. The molecule has 1 aliphatic rings. The number of thiophene rings is 1. The van der Waals surface area contributed by atoms with Crippen LogP contribution >= 0.6 is 11.3 Å². The largest absolute Gasteiger partial charge is 0.493 e. The third-order valence-corrected chi connectivity index (χ3v) is 5.14. The minimum atomic E-state index is -0.457. The maximum absolute atomic E-state index is 12.7. The second kappa shape index (κ2) is 7.81. The third kappa shape index (κ3) is 3.60. The number of fused-ring (bicyclic) bond motifs is 1. The van der Waals surface area contributed by atoms with E-state index in [2.05, 4.69) is 0 Å². The highest BCUT2D eigenvalue weighted by molar-refractivity contribution is 7.12. The fourth-order valence-corrected chi connectivity index (χ4v) is 3.55. The van der Waals surface area contributed by atoms with Gasteiger partial charge in [0.05, 0.1) is 19.8 Å². The van der Waals surface area contributed by atoms with E-state index in [9.17, 15) is 9.59 Å². The van der Waals surface area contributed by atoms with Crippen molar-refractivity contribution in [1.82, 2.24) is 0 Å². The molecule has 3 aromatic rings. The minimum absolute atomic E-state index is 0.147. The quantitative estimate of drug-likeness (QED) is 0.349. The number of hydrogen-bond donors (Lipinski definition) is 0. The number of ether oxygens (including phenoxy) is 4. The Morgan fingerprint density at radius 1 is 1.07 bits per heavy atom. The van der Waals surface area contributed by atoms with Crippen LogP contribution in [0, 0.1) is 0 Å². The van der Waals surface area contributed by atoms with Gasteiger partial charge in [0.1, 0.15) is 16.4 Å². The number of rotatable bonds is 5. The molecule has 0 saturated heterocycles. The van der Waals surface area contributed by atoms with Crippen LogP contribution in [-0.4, -0.2) is 26.0 Å². The summed E-state index contributed by atoms with van der Waals surface area (Å²) in [6.45, 7) is 0. The number of para-hydroxylation sites is 1. The van der Waals surface area contributed by atoms with E-state index in [-0.39, 0.29) is 11.5 Å². The second-order valence-corrected chi connectivity index (χ2v) is 7.00. The summed E-state index contributed by atoms with van der Waals surface area (Å²) < 4.78 is 21.8. The van der Waals surface area contributed by atoms with Crippen molar-refractivity contribution in [2.75, 3.05) is 14.2 Å². The zero-order valence-electron chi connectivity index (χ0n) is 15.6. The number of carbonyl (C=O) groups is 2. The summed E-state index contributed by atoms with van der Waals surface area (Å²) in [5.74, 6) is 1.11. The summed E-state index contributed by atoms with van der Waals surface area (Å²) in [7, 11) is 3.07. The van der Waals surface area contributed by atoms with E-state index in [4.69, 9.17) is 18.9 Å². The lowest BCUT2D eigenvalue weighted by Crippen LogP contribution is -2.06. The standard InChI is InChI=1S/C22H16O6S/c1-25-16-6-3-5-13(21(16)26-2)11-18-20(23)15-9-8-14(12-17(15)28-18)27-22(24)19-7-4-10-29-19/h3-12H,1-2H3/b18-11-. The molecule has 29 heavy (non-hydrogen) atoms. The van der Waals surface area contributed by atoms with Crippen molar-refractivity contribution < 1.29 is 28.5 Å². The van der Waals surface area contributed by atoms with Gasteiger partial charge in [0.15, 0.2) is 17.3 Å². The van der Waals surface area contributed by atoms with Crippen molar-refractivity contribution in [2.24, 2.45) is 0 Å². The summed E-state index contributed by atoms with van der Waals surface area (Å²) >= 11 is 1.29. The summed E-state index contributed by atoms with van der Waals surface area (Å²) in [6, 6.07) is 13.5. The molecular weight excluding hydrogens is 392 g/mol. The van der Waals surface area contributed by atoms with Gasteiger partial charge in [-0.3, -0.25) is 4.79 Å². The number of ketones is 1. The van der Waals surface area contributed by atoms with Crippen molar-refractivity contribution >= 4 is 29.2 Å². The Labute approximate surface area is 170 Å². The molecule has 0 atom stereocenters. The van der Waals surface area contributed by atoms with Crippen LogP contribution in [0.4, 0.5) is 0 Å². The second-order valence-electron chi connectivity index (χ2n) is 6.05. The first kappa shape index (κ1) is 18.8. The van der Waals surface area contributed by atoms with Crippen LogP contribution < -0.4 is 18.9 Å². The Morgan fingerprint density at radius 3 is 2.66 bits per heavy atom. The van der Waals surface area contributed by atoms with E-state index in [1.54, 1.807) is 61.0 Å². The molecule has 0 fully saturated rings. The summed E-state index contributed by atoms with van der Waals surface area (Å²) in [5.41, 5.74) is 1.04. The van der Waals surface area contributed by atoms with Crippen LogP contribution in [0.25, 0.3) is 6.08 Å². The maximum Gasteiger partial charge on any atom is 0.353 e. The lowest BCUT2D eigenvalue weighted by molar-refractivity contribution is 0.0739. The monoisotopic (exact) mass is 408 g/mol. The summed E-state index contributed by atoms with van der Waals surface area (Å²) in [4.78, 5) is 25.3. The van der Waals surface area contributed by atoms with Gasteiger partial charge in [-0.25, -0.2) is 4.79 Å². The molecule has 0 spiro atoms. The molecule has 0 N–H and O–H groups in total. The number of esters is 1. The van der Waals surface area contributed by atoms with Crippen molar-refractivity contribution in [1.29, 1.82) is 0 Å². The van der Waals surface area contributed by atoms with Crippen LogP contribution in [0.5, 0.6) is 23.0 Å². The van der Waals surface area contributed by atoms with Gasteiger partial charge in [-0.2, -0.15) is 0 Å².